The van der Waals surface area contributed by atoms with E-state index in [0.29, 0.717) is 11.6 Å². The fourth-order valence-electron chi connectivity index (χ4n) is 1.78. The van der Waals surface area contributed by atoms with Crippen molar-refractivity contribution in [2.24, 2.45) is 5.84 Å². The minimum absolute atomic E-state index is 0.352. The van der Waals surface area contributed by atoms with Crippen LogP contribution in [0.4, 0.5) is 0 Å². The summed E-state index contributed by atoms with van der Waals surface area (Å²) in [6, 6.07) is 3.49. The summed E-state index contributed by atoms with van der Waals surface area (Å²) in [5, 5.41) is 0. The number of hydrogen-bond donors (Lipinski definition) is 2. The fraction of sp³-hybridized carbons (Fsp3) is 0.250. The summed E-state index contributed by atoms with van der Waals surface area (Å²) in [6.45, 7) is 1.97. The van der Waals surface area contributed by atoms with Crippen LogP contribution in [-0.2, 0) is 0 Å². The van der Waals surface area contributed by atoms with E-state index in [-0.39, 0.29) is 6.04 Å². The molecule has 0 aliphatic carbocycles. The number of methoxy groups -OCH3 is 1. The first-order chi connectivity index (χ1) is 8.77. The molecule has 2 heterocycles. The Kier molecular flexibility index (Phi) is 3.81. The lowest BCUT2D eigenvalue weighted by atomic mass is 10.1. The van der Waals surface area contributed by atoms with Gasteiger partial charge in [-0.3, -0.25) is 15.8 Å². The van der Waals surface area contributed by atoms with Crippen LogP contribution in [0.3, 0.4) is 0 Å². The van der Waals surface area contributed by atoms with Crippen molar-refractivity contribution >= 4 is 0 Å². The van der Waals surface area contributed by atoms with Crippen LogP contribution < -0.4 is 16.0 Å². The lowest BCUT2D eigenvalue weighted by Crippen LogP contribution is -2.31. The van der Waals surface area contributed by atoms with E-state index in [1.54, 1.807) is 25.7 Å². The number of ether oxygens (including phenoxy) is 1. The van der Waals surface area contributed by atoms with Gasteiger partial charge in [0.1, 0.15) is 11.7 Å². The second-order valence-electron chi connectivity index (χ2n) is 3.76. The molecule has 0 saturated carbocycles. The molecule has 0 amide bonds. The maximum atomic E-state index is 5.62. The van der Waals surface area contributed by atoms with Gasteiger partial charge in [0.25, 0.3) is 0 Å². The van der Waals surface area contributed by atoms with Crippen molar-refractivity contribution in [3.63, 3.8) is 0 Å². The minimum Gasteiger partial charge on any atom is -0.480 e. The van der Waals surface area contributed by atoms with E-state index in [1.807, 2.05) is 19.1 Å². The number of hydrogen-bond acceptors (Lipinski definition) is 6. The zero-order chi connectivity index (χ0) is 13.0. The lowest BCUT2D eigenvalue weighted by molar-refractivity contribution is 0.382. The van der Waals surface area contributed by atoms with E-state index in [0.717, 1.165) is 11.3 Å². The topological polar surface area (TPSA) is 86.0 Å². The summed E-state index contributed by atoms with van der Waals surface area (Å²) >= 11 is 0. The Balaban J connectivity index is 2.49. The summed E-state index contributed by atoms with van der Waals surface area (Å²) in [5.74, 6) is 6.05. The van der Waals surface area contributed by atoms with Crippen LogP contribution in [0.5, 0.6) is 5.88 Å². The molecule has 6 heteroatoms. The van der Waals surface area contributed by atoms with Crippen molar-refractivity contribution in [3.8, 4) is 5.88 Å². The number of rotatable bonds is 4. The number of aryl methyl sites for hydroxylation is 1. The van der Waals surface area contributed by atoms with E-state index in [1.165, 1.54) is 0 Å². The predicted molar refractivity (Wildman–Crippen MR) is 66.7 cm³/mol. The molecule has 2 rings (SSSR count). The van der Waals surface area contributed by atoms with Crippen LogP contribution in [0, 0.1) is 6.92 Å². The number of nitrogens with one attached hydrogen (secondary N) is 1. The van der Waals surface area contributed by atoms with Gasteiger partial charge < -0.3 is 4.74 Å². The number of nitrogens with two attached hydrogens (primary N) is 1. The molecule has 18 heavy (non-hydrogen) atoms. The van der Waals surface area contributed by atoms with Gasteiger partial charge >= 0.3 is 0 Å². The normalized spacial score (nSPS) is 12.2. The Hall–Kier alpha value is -2.05. The molecule has 6 nitrogen and oxygen atoms in total. The third-order valence-corrected chi connectivity index (χ3v) is 2.65. The van der Waals surface area contributed by atoms with Gasteiger partial charge in [0.2, 0.25) is 5.88 Å². The maximum absolute atomic E-state index is 5.62. The quantitative estimate of drug-likeness (QED) is 0.610. The van der Waals surface area contributed by atoms with Crippen LogP contribution in [0.1, 0.15) is 23.0 Å². The molecule has 0 saturated heterocycles. The molecule has 1 atom stereocenters. The van der Waals surface area contributed by atoms with Gasteiger partial charge in [-0.15, -0.1) is 0 Å². The molecule has 0 radical (unpaired) electrons. The Morgan fingerprint density at radius 3 is 2.56 bits per heavy atom. The first-order valence-electron chi connectivity index (χ1n) is 5.50. The van der Waals surface area contributed by atoms with E-state index in [9.17, 15) is 0 Å². The highest BCUT2D eigenvalue weighted by Gasteiger charge is 2.21. The summed E-state index contributed by atoms with van der Waals surface area (Å²) in [6.07, 6.45) is 4.89. The van der Waals surface area contributed by atoms with Crippen molar-refractivity contribution in [2.45, 2.75) is 13.0 Å². The second kappa shape index (κ2) is 5.52. The van der Waals surface area contributed by atoms with Crippen LogP contribution in [-0.4, -0.2) is 22.1 Å². The summed E-state index contributed by atoms with van der Waals surface area (Å²) in [5.41, 5.74) is 5.15. The van der Waals surface area contributed by atoms with Crippen molar-refractivity contribution < 1.29 is 4.74 Å². The van der Waals surface area contributed by atoms with Crippen molar-refractivity contribution in [1.82, 2.24) is 20.4 Å². The van der Waals surface area contributed by atoms with Gasteiger partial charge in [-0.25, -0.2) is 10.4 Å². The highest BCUT2D eigenvalue weighted by molar-refractivity contribution is 5.32. The highest BCUT2D eigenvalue weighted by atomic mass is 16.5. The third kappa shape index (κ3) is 2.29. The molecule has 0 aliphatic rings. The summed E-state index contributed by atoms with van der Waals surface area (Å²) in [4.78, 5) is 12.7. The third-order valence-electron chi connectivity index (χ3n) is 2.65. The monoisotopic (exact) mass is 245 g/mol. The van der Waals surface area contributed by atoms with Crippen LogP contribution in [0.15, 0.2) is 30.7 Å². The molecular weight excluding hydrogens is 230 g/mol. The molecule has 0 fully saturated rings. The van der Waals surface area contributed by atoms with Gasteiger partial charge in [0.05, 0.1) is 12.8 Å². The van der Waals surface area contributed by atoms with Gasteiger partial charge in [-0.2, -0.15) is 0 Å². The molecule has 3 N–H and O–H groups in total. The number of hydrazine groups is 1. The van der Waals surface area contributed by atoms with Gasteiger partial charge in [0.15, 0.2) is 0 Å². The molecule has 0 aromatic carbocycles. The van der Waals surface area contributed by atoms with Crippen LogP contribution in [0.2, 0.25) is 0 Å². The average Bonchev–Trinajstić information content (AvgIpc) is 2.42. The SMILES string of the molecule is COc1nccnc1C(NN)c1ncccc1C. The minimum atomic E-state index is -0.352. The molecule has 2 aromatic rings. The number of nitrogens with zero attached hydrogens (tertiary/aromatic N) is 3. The largest absolute Gasteiger partial charge is 0.480 e. The Bertz CT molecular complexity index is 531. The zero-order valence-corrected chi connectivity index (χ0v) is 10.3. The zero-order valence-electron chi connectivity index (χ0n) is 10.3. The number of pyridine rings is 1. The van der Waals surface area contributed by atoms with Crippen molar-refractivity contribution in [2.75, 3.05) is 7.11 Å². The predicted octanol–water partition coefficient (Wildman–Crippen LogP) is 0.741. The Morgan fingerprint density at radius 2 is 1.89 bits per heavy atom. The average molecular weight is 245 g/mol. The first-order valence-corrected chi connectivity index (χ1v) is 5.50. The molecule has 2 aromatic heterocycles. The second-order valence-corrected chi connectivity index (χ2v) is 3.76. The molecule has 1 unspecified atom stereocenters. The summed E-state index contributed by atoms with van der Waals surface area (Å²) < 4.78 is 5.19. The smallest absolute Gasteiger partial charge is 0.237 e. The molecule has 94 valence electrons. The van der Waals surface area contributed by atoms with E-state index >= 15 is 0 Å². The van der Waals surface area contributed by atoms with Gasteiger partial charge in [-0.1, -0.05) is 6.07 Å². The lowest BCUT2D eigenvalue weighted by Gasteiger charge is -2.18. The highest BCUT2D eigenvalue weighted by Crippen LogP contribution is 2.25. The van der Waals surface area contributed by atoms with Gasteiger partial charge in [-0.05, 0) is 18.6 Å². The summed E-state index contributed by atoms with van der Waals surface area (Å²) in [7, 11) is 1.55. The maximum Gasteiger partial charge on any atom is 0.237 e. The standard InChI is InChI=1S/C12H15N5O/c1-8-4-3-5-14-9(8)10(17-13)11-12(18-2)16-7-6-15-11/h3-7,10,17H,13H2,1-2H3. The van der Waals surface area contributed by atoms with Crippen LogP contribution in [0.25, 0.3) is 0 Å². The molecule has 0 spiro atoms. The van der Waals surface area contributed by atoms with Crippen LogP contribution >= 0.6 is 0 Å². The Labute approximate surface area is 105 Å². The van der Waals surface area contributed by atoms with Gasteiger partial charge in [0, 0.05) is 18.6 Å². The first kappa shape index (κ1) is 12.4. The molecule has 0 bridgehead atoms. The van der Waals surface area contributed by atoms with Crippen molar-refractivity contribution in [3.05, 3.63) is 47.7 Å². The van der Waals surface area contributed by atoms with E-state index < -0.39 is 0 Å². The van der Waals surface area contributed by atoms with E-state index in [4.69, 9.17) is 10.6 Å². The molecule has 0 aliphatic heterocycles. The number of aromatic nitrogens is 3. The van der Waals surface area contributed by atoms with E-state index in [2.05, 4.69) is 20.4 Å². The molecular formula is C12H15N5O. The Morgan fingerprint density at radius 1 is 1.17 bits per heavy atom. The van der Waals surface area contributed by atoms with Crippen molar-refractivity contribution in [1.29, 1.82) is 0 Å². The fourth-order valence-corrected chi connectivity index (χ4v) is 1.78.